The van der Waals surface area contributed by atoms with Crippen LogP contribution in [-0.2, 0) is 20.7 Å². The molecule has 1 aromatic rings. The highest BCUT2D eigenvalue weighted by Crippen LogP contribution is 2.31. The molecule has 0 saturated heterocycles. The number of aromatic nitrogens is 1. The average Bonchev–Trinajstić information content (AvgIpc) is 2.61. The highest BCUT2D eigenvalue weighted by molar-refractivity contribution is 5.84. The van der Waals surface area contributed by atoms with Crippen LogP contribution in [0.4, 0.5) is 10.5 Å². The molecular formula is C15H20N2O4. The van der Waals surface area contributed by atoms with Gasteiger partial charge in [0, 0.05) is 6.92 Å². The smallest absolute Gasteiger partial charge is 0.411 e. The molecule has 1 atom stereocenters. The maximum atomic E-state index is 11.4. The monoisotopic (exact) mass is 292 g/mol. The van der Waals surface area contributed by atoms with E-state index < -0.39 is 6.09 Å². The van der Waals surface area contributed by atoms with Crippen molar-refractivity contribution in [2.24, 2.45) is 0 Å². The van der Waals surface area contributed by atoms with Crippen molar-refractivity contribution in [2.75, 3.05) is 11.9 Å². The Bertz CT molecular complexity index is 530. The first-order valence-corrected chi connectivity index (χ1v) is 7.20. The molecule has 1 aromatic heterocycles. The molecule has 6 nitrogen and oxygen atoms in total. The molecular weight excluding hydrogens is 272 g/mol. The van der Waals surface area contributed by atoms with Crippen molar-refractivity contribution in [1.29, 1.82) is 0 Å². The number of anilines is 1. The molecule has 1 N–H and O–H groups in total. The van der Waals surface area contributed by atoms with Crippen LogP contribution in [0, 0.1) is 0 Å². The molecule has 114 valence electrons. The first kappa shape index (κ1) is 15.3. The molecule has 0 aromatic carbocycles. The number of carbonyl (C=O) groups excluding carboxylic acids is 2. The normalized spacial score (nSPS) is 17.3. The van der Waals surface area contributed by atoms with Crippen molar-refractivity contribution < 1.29 is 19.1 Å². The number of fused-ring (bicyclic) bond motifs is 1. The number of pyridine rings is 1. The number of rotatable bonds is 3. The fourth-order valence-electron chi connectivity index (χ4n) is 2.46. The van der Waals surface area contributed by atoms with Gasteiger partial charge in [-0.15, -0.1) is 0 Å². The molecule has 1 aliphatic carbocycles. The van der Waals surface area contributed by atoms with E-state index in [-0.39, 0.29) is 12.1 Å². The minimum atomic E-state index is -0.496. The molecule has 2 rings (SSSR count). The zero-order valence-electron chi connectivity index (χ0n) is 12.3. The molecule has 1 aliphatic rings. The van der Waals surface area contributed by atoms with Gasteiger partial charge in [0.1, 0.15) is 6.10 Å². The molecule has 0 spiro atoms. The lowest BCUT2D eigenvalue weighted by molar-refractivity contribution is -0.147. The maximum Gasteiger partial charge on any atom is 0.411 e. The largest absolute Gasteiger partial charge is 0.456 e. The minimum Gasteiger partial charge on any atom is -0.456 e. The molecule has 0 fully saturated rings. The van der Waals surface area contributed by atoms with E-state index in [4.69, 9.17) is 9.47 Å². The quantitative estimate of drug-likeness (QED) is 0.684. The van der Waals surface area contributed by atoms with Gasteiger partial charge in [0.2, 0.25) is 0 Å². The van der Waals surface area contributed by atoms with Crippen LogP contribution in [0.2, 0.25) is 0 Å². The Labute approximate surface area is 123 Å². The number of nitrogens with zero attached hydrogens (tertiary/aromatic N) is 1. The molecule has 1 amide bonds. The Morgan fingerprint density at radius 1 is 1.43 bits per heavy atom. The van der Waals surface area contributed by atoms with Gasteiger partial charge < -0.3 is 9.47 Å². The molecule has 0 saturated carbocycles. The van der Waals surface area contributed by atoms with Crippen LogP contribution in [0.3, 0.4) is 0 Å². The lowest BCUT2D eigenvalue weighted by atomic mass is 10.1. The summed E-state index contributed by atoms with van der Waals surface area (Å²) in [5, 5.41) is 2.64. The lowest BCUT2D eigenvalue weighted by Crippen LogP contribution is -2.15. The van der Waals surface area contributed by atoms with E-state index in [0.29, 0.717) is 12.3 Å². The zero-order valence-corrected chi connectivity index (χ0v) is 12.3. The highest BCUT2D eigenvalue weighted by Gasteiger charge is 2.23. The van der Waals surface area contributed by atoms with Crippen LogP contribution >= 0.6 is 0 Å². The molecule has 1 unspecified atom stereocenters. The van der Waals surface area contributed by atoms with Gasteiger partial charge in [-0.1, -0.05) is 0 Å². The number of aryl methyl sites for hydroxylation is 1. The first-order valence-electron chi connectivity index (χ1n) is 7.20. The molecule has 0 radical (unpaired) electrons. The summed E-state index contributed by atoms with van der Waals surface area (Å²) in [6.07, 6.45) is 4.41. The standard InChI is InChI=1S/C15H20N2O4/c1-3-20-15(19)17-12-8-11-6-4-5-7-13(21-10(2)18)14(11)16-9-12/h8-9,13H,3-7H2,1-2H3,(H,17,19). The van der Waals surface area contributed by atoms with E-state index in [2.05, 4.69) is 10.3 Å². The van der Waals surface area contributed by atoms with Gasteiger partial charge in [-0.25, -0.2) is 4.79 Å². The summed E-state index contributed by atoms with van der Waals surface area (Å²) in [4.78, 5) is 27.0. The van der Waals surface area contributed by atoms with E-state index in [1.807, 2.05) is 6.07 Å². The van der Waals surface area contributed by atoms with Crippen LogP contribution in [0.25, 0.3) is 0 Å². The maximum absolute atomic E-state index is 11.4. The summed E-state index contributed by atoms with van der Waals surface area (Å²) in [5.74, 6) is -0.302. The van der Waals surface area contributed by atoms with Gasteiger partial charge in [-0.2, -0.15) is 0 Å². The van der Waals surface area contributed by atoms with Crippen molar-refractivity contribution in [3.63, 3.8) is 0 Å². The van der Waals surface area contributed by atoms with Gasteiger partial charge in [0.25, 0.3) is 0 Å². The van der Waals surface area contributed by atoms with E-state index in [1.54, 1.807) is 13.1 Å². The van der Waals surface area contributed by atoms with E-state index in [9.17, 15) is 9.59 Å². The molecule has 1 heterocycles. The van der Waals surface area contributed by atoms with E-state index in [1.165, 1.54) is 6.92 Å². The lowest BCUT2D eigenvalue weighted by Gasteiger charge is -2.17. The van der Waals surface area contributed by atoms with Gasteiger partial charge in [0.15, 0.2) is 0 Å². The molecule has 0 aliphatic heterocycles. The third-order valence-corrected chi connectivity index (χ3v) is 3.30. The average molecular weight is 292 g/mol. The Morgan fingerprint density at radius 2 is 2.24 bits per heavy atom. The topological polar surface area (TPSA) is 77.5 Å². The first-order chi connectivity index (χ1) is 10.1. The Kier molecular flexibility index (Phi) is 5.14. The summed E-state index contributed by atoms with van der Waals surface area (Å²) < 4.78 is 10.2. The van der Waals surface area contributed by atoms with Crippen molar-refractivity contribution in [3.8, 4) is 0 Å². The molecule has 21 heavy (non-hydrogen) atoms. The van der Waals surface area contributed by atoms with Gasteiger partial charge in [-0.05, 0) is 44.2 Å². The predicted octanol–water partition coefficient (Wildman–Crippen LogP) is 2.98. The summed E-state index contributed by atoms with van der Waals surface area (Å²) >= 11 is 0. The second-order valence-corrected chi connectivity index (χ2v) is 4.96. The highest BCUT2D eigenvalue weighted by atomic mass is 16.5. The Balaban J connectivity index is 2.19. The number of ether oxygens (including phenoxy) is 2. The summed E-state index contributed by atoms with van der Waals surface area (Å²) in [7, 11) is 0. The van der Waals surface area contributed by atoms with Crippen LogP contribution < -0.4 is 5.32 Å². The summed E-state index contributed by atoms with van der Waals surface area (Å²) in [6, 6.07) is 1.88. The van der Waals surface area contributed by atoms with Crippen molar-refractivity contribution in [1.82, 2.24) is 4.98 Å². The fourth-order valence-corrected chi connectivity index (χ4v) is 2.46. The number of amides is 1. The number of nitrogens with one attached hydrogen (secondary N) is 1. The predicted molar refractivity (Wildman–Crippen MR) is 76.9 cm³/mol. The number of carbonyl (C=O) groups is 2. The SMILES string of the molecule is CCOC(=O)Nc1cnc2c(c1)CCCCC2OC(C)=O. The van der Waals surface area contributed by atoms with Gasteiger partial charge in [-0.3, -0.25) is 15.1 Å². The Hall–Kier alpha value is -2.11. The third-order valence-electron chi connectivity index (χ3n) is 3.30. The van der Waals surface area contributed by atoms with Crippen LogP contribution in [0.1, 0.15) is 50.5 Å². The summed E-state index contributed by atoms with van der Waals surface area (Å²) in [6.45, 7) is 3.47. The van der Waals surface area contributed by atoms with Crippen molar-refractivity contribution in [2.45, 2.75) is 45.6 Å². The minimum absolute atomic E-state index is 0.295. The number of hydrogen-bond donors (Lipinski definition) is 1. The van der Waals surface area contributed by atoms with Crippen LogP contribution in [0.15, 0.2) is 12.3 Å². The van der Waals surface area contributed by atoms with E-state index in [0.717, 1.165) is 36.9 Å². The third kappa shape index (κ3) is 4.18. The second kappa shape index (κ2) is 7.06. The van der Waals surface area contributed by atoms with Gasteiger partial charge in [0.05, 0.1) is 24.2 Å². The fraction of sp³-hybridized carbons (Fsp3) is 0.533. The van der Waals surface area contributed by atoms with Crippen molar-refractivity contribution >= 4 is 17.7 Å². The molecule has 6 heteroatoms. The number of hydrogen-bond acceptors (Lipinski definition) is 5. The van der Waals surface area contributed by atoms with Gasteiger partial charge >= 0.3 is 12.1 Å². The van der Waals surface area contributed by atoms with E-state index >= 15 is 0 Å². The summed E-state index contributed by atoms with van der Waals surface area (Å²) in [5.41, 5.74) is 2.39. The Morgan fingerprint density at radius 3 is 2.95 bits per heavy atom. The van der Waals surface area contributed by atoms with Crippen LogP contribution in [-0.4, -0.2) is 23.7 Å². The van der Waals surface area contributed by atoms with Crippen molar-refractivity contribution in [3.05, 3.63) is 23.5 Å². The number of esters is 1. The molecule has 0 bridgehead atoms. The zero-order chi connectivity index (χ0) is 15.2. The van der Waals surface area contributed by atoms with Crippen LogP contribution in [0.5, 0.6) is 0 Å². The second-order valence-electron chi connectivity index (χ2n) is 4.96.